The number of carbonyl (C=O) groups is 2. The Hall–Kier alpha value is -2.89. The standard InChI is InChI=1S/C23H30N2O5Si/c1-28-23(27)22-20(24-17-25(22)18-29-14-15-31(2,3)4)12-8-9-13-21(26)30-16-19-10-6-5-7-11-19/h5-7,10-11,17H,9,13-16,18H2,1-4H3. The average molecular weight is 443 g/mol. The van der Waals surface area contributed by atoms with Gasteiger partial charge in [0.15, 0.2) is 5.69 Å². The molecular formula is C23H30N2O5Si. The minimum atomic E-state index is -1.19. The second-order valence-electron chi connectivity index (χ2n) is 8.20. The molecule has 0 fully saturated rings. The molecule has 0 spiro atoms. The van der Waals surface area contributed by atoms with Gasteiger partial charge >= 0.3 is 11.9 Å². The van der Waals surface area contributed by atoms with Gasteiger partial charge in [-0.3, -0.25) is 9.36 Å². The van der Waals surface area contributed by atoms with E-state index in [0.717, 1.165) is 11.6 Å². The first-order chi connectivity index (χ1) is 14.8. The van der Waals surface area contributed by atoms with Gasteiger partial charge in [0.05, 0.1) is 19.9 Å². The molecule has 0 bridgehead atoms. The van der Waals surface area contributed by atoms with Crippen LogP contribution in [-0.4, -0.2) is 43.3 Å². The van der Waals surface area contributed by atoms with Gasteiger partial charge < -0.3 is 14.2 Å². The lowest BCUT2D eigenvalue weighted by atomic mass is 10.2. The Morgan fingerprint density at radius 2 is 1.90 bits per heavy atom. The summed E-state index contributed by atoms with van der Waals surface area (Å²) in [4.78, 5) is 28.3. The summed E-state index contributed by atoms with van der Waals surface area (Å²) >= 11 is 0. The molecule has 7 nitrogen and oxygen atoms in total. The summed E-state index contributed by atoms with van der Waals surface area (Å²) < 4.78 is 17.4. The normalized spacial score (nSPS) is 10.8. The van der Waals surface area contributed by atoms with Crippen LogP contribution in [0.3, 0.4) is 0 Å². The Balaban J connectivity index is 1.89. The van der Waals surface area contributed by atoms with Crippen LogP contribution in [0, 0.1) is 11.8 Å². The predicted octanol–water partition coefficient (Wildman–Crippen LogP) is 3.86. The van der Waals surface area contributed by atoms with Crippen LogP contribution in [0.4, 0.5) is 0 Å². The molecule has 8 heteroatoms. The molecule has 0 unspecified atom stereocenters. The number of benzene rings is 1. The van der Waals surface area contributed by atoms with Crippen LogP contribution in [0.5, 0.6) is 0 Å². The molecule has 1 aromatic heterocycles. The van der Waals surface area contributed by atoms with Crippen molar-refractivity contribution in [3.8, 4) is 11.8 Å². The zero-order valence-corrected chi connectivity index (χ0v) is 19.6. The number of rotatable bonds is 10. The van der Waals surface area contributed by atoms with Gasteiger partial charge in [-0.1, -0.05) is 55.9 Å². The smallest absolute Gasteiger partial charge is 0.357 e. The number of aromatic nitrogens is 2. The molecule has 1 aromatic carbocycles. The SMILES string of the molecule is COC(=O)c1c(C#CCCC(=O)OCc2ccccc2)ncn1COCC[Si](C)(C)C. The minimum Gasteiger partial charge on any atom is -0.464 e. The summed E-state index contributed by atoms with van der Waals surface area (Å²) in [5.41, 5.74) is 1.48. The van der Waals surface area contributed by atoms with E-state index in [9.17, 15) is 9.59 Å². The topological polar surface area (TPSA) is 79.7 Å². The van der Waals surface area contributed by atoms with Gasteiger partial charge in [-0.25, -0.2) is 9.78 Å². The Labute approximate surface area is 184 Å². The number of ether oxygens (including phenoxy) is 3. The minimum absolute atomic E-state index is 0.161. The van der Waals surface area contributed by atoms with E-state index in [2.05, 4.69) is 36.5 Å². The number of imidazole rings is 1. The third-order valence-electron chi connectivity index (χ3n) is 4.35. The lowest BCUT2D eigenvalue weighted by Crippen LogP contribution is -2.22. The highest BCUT2D eigenvalue weighted by Crippen LogP contribution is 2.11. The van der Waals surface area contributed by atoms with Gasteiger partial charge in [-0.05, 0) is 17.5 Å². The summed E-state index contributed by atoms with van der Waals surface area (Å²) in [5, 5.41) is 0. The predicted molar refractivity (Wildman–Crippen MR) is 120 cm³/mol. The number of hydrogen-bond donors (Lipinski definition) is 0. The van der Waals surface area contributed by atoms with Crippen molar-refractivity contribution in [1.29, 1.82) is 0 Å². The monoisotopic (exact) mass is 442 g/mol. The maximum absolute atomic E-state index is 12.2. The van der Waals surface area contributed by atoms with E-state index in [1.54, 1.807) is 4.57 Å². The fraction of sp³-hybridized carbons (Fsp3) is 0.435. The Kier molecular flexibility index (Phi) is 9.50. The third kappa shape index (κ3) is 8.78. The zero-order chi connectivity index (χ0) is 22.7. The molecular weight excluding hydrogens is 412 g/mol. The first kappa shape index (κ1) is 24.4. The first-order valence-corrected chi connectivity index (χ1v) is 13.9. The summed E-state index contributed by atoms with van der Waals surface area (Å²) in [5.74, 6) is 4.88. The molecule has 0 N–H and O–H groups in total. The van der Waals surface area contributed by atoms with Crippen molar-refractivity contribution >= 4 is 20.0 Å². The fourth-order valence-electron chi connectivity index (χ4n) is 2.54. The van der Waals surface area contributed by atoms with Crippen LogP contribution in [0.2, 0.25) is 25.7 Å². The quantitative estimate of drug-likeness (QED) is 0.241. The molecule has 0 radical (unpaired) electrons. The summed E-state index contributed by atoms with van der Waals surface area (Å²) in [7, 11) is 0.120. The molecule has 0 aliphatic rings. The summed E-state index contributed by atoms with van der Waals surface area (Å²) in [6, 6.07) is 10.5. The highest BCUT2D eigenvalue weighted by molar-refractivity contribution is 6.76. The van der Waals surface area contributed by atoms with Crippen LogP contribution >= 0.6 is 0 Å². The van der Waals surface area contributed by atoms with E-state index in [-0.39, 0.29) is 31.4 Å². The largest absolute Gasteiger partial charge is 0.464 e. The second kappa shape index (κ2) is 12.1. The van der Waals surface area contributed by atoms with E-state index < -0.39 is 14.0 Å². The Bertz CT molecular complexity index is 923. The van der Waals surface area contributed by atoms with Gasteiger partial charge in [0.25, 0.3) is 0 Å². The van der Waals surface area contributed by atoms with Crippen LogP contribution in [0.1, 0.15) is 34.6 Å². The molecule has 31 heavy (non-hydrogen) atoms. The maximum Gasteiger partial charge on any atom is 0.357 e. The van der Waals surface area contributed by atoms with E-state index in [1.807, 2.05) is 30.3 Å². The Morgan fingerprint density at radius 3 is 2.58 bits per heavy atom. The van der Waals surface area contributed by atoms with Crippen LogP contribution in [0.15, 0.2) is 36.7 Å². The van der Waals surface area contributed by atoms with E-state index in [0.29, 0.717) is 18.7 Å². The van der Waals surface area contributed by atoms with Gasteiger partial charge in [-0.2, -0.15) is 0 Å². The third-order valence-corrected chi connectivity index (χ3v) is 6.05. The van der Waals surface area contributed by atoms with Crippen molar-refractivity contribution < 1.29 is 23.8 Å². The van der Waals surface area contributed by atoms with Crippen molar-refractivity contribution in [2.75, 3.05) is 13.7 Å². The maximum atomic E-state index is 12.2. The average Bonchev–Trinajstić information content (AvgIpc) is 3.15. The molecule has 2 aromatic rings. The number of hydrogen-bond acceptors (Lipinski definition) is 6. The van der Waals surface area contributed by atoms with Gasteiger partial charge in [0, 0.05) is 21.1 Å². The first-order valence-electron chi connectivity index (χ1n) is 10.2. The van der Waals surface area contributed by atoms with E-state index in [1.165, 1.54) is 13.4 Å². The molecule has 0 saturated carbocycles. The molecule has 0 aliphatic carbocycles. The molecule has 2 rings (SSSR count). The molecule has 1 heterocycles. The van der Waals surface area contributed by atoms with E-state index in [4.69, 9.17) is 14.2 Å². The Morgan fingerprint density at radius 1 is 1.16 bits per heavy atom. The highest BCUT2D eigenvalue weighted by atomic mass is 28.3. The highest BCUT2D eigenvalue weighted by Gasteiger charge is 2.19. The molecule has 0 aliphatic heterocycles. The van der Waals surface area contributed by atoms with Crippen molar-refractivity contribution in [1.82, 2.24) is 9.55 Å². The van der Waals surface area contributed by atoms with Crippen molar-refractivity contribution in [3.63, 3.8) is 0 Å². The zero-order valence-electron chi connectivity index (χ0n) is 18.6. The van der Waals surface area contributed by atoms with Gasteiger partial charge in [-0.15, -0.1) is 0 Å². The van der Waals surface area contributed by atoms with Crippen LogP contribution in [-0.2, 0) is 32.3 Å². The molecule has 0 atom stereocenters. The van der Waals surface area contributed by atoms with Crippen molar-refractivity contribution in [3.05, 3.63) is 53.6 Å². The van der Waals surface area contributed by atoms with Crippen LogP contribution < -0.4 is 0 Å². The van der Waals surface area contributed by atoms with E-state index >= 15 is 0 Å². The number of nitrogens with zero attached hydrogens (tertiary/aromatic N) is 2. The number of esters is 2. The lowest BCUT2D eigenvalue weighted by molar-refractivity contribution is -0.144. The van der Waals surface area contributed by atoms with Crippen LogP contribution in [0.25, 0.3) is 0 Å². The van der Waals surface area contributed by atoms with Crippen molar-refractivity contribution in [2.24, 2.45) is 0 Å². The lowest BCUT2D eigenvalue weighted by Gasteiger charge is -2.15. The number of methoxy groups -OCH3 is 1. The van der Waals surface area contributed by atoms with Gasteiger partial charge in [0.2, 0.25) is 0 Å². The second-order valence-corrected chi connectivity index (χ2v) is 13.8. The summed E-state index contributed by atoms with van der Waals surface area (Å²) in [6.07, 6.45) is 1.97. The molecule has 0 saturated heterocycles. The summed E-state index contributed by atoms with van der Waals surface area (Å²) in [6.45, 7) is 7.90. The molecule has 166 valence electrons. The fourth-order valence-corrected chi connectivity index (χ4v) is 3.30. The van der Waals surface area contributed by atoms with Crippen molar-refractivity contribution in [2.45, 2.75) is 51.9 Å². The molecule has 0 amide bonds. The van der Waals surface area contributed by atoms with Gasteiger partial charge in [0.1, 0.15) is 19.0 Å². The number of carbonyl (C=O) groups excluding carboxylic acids is 2.